The molecule has 0 unspecified atom stereocenters. The lowest BCUT2D eigenvalue weighted by Gasteiger charge is -2.38. The number of carbonyl (C=O) groups is 2. The topological polar surface area (TPSA) is 46.6 Å². The van der Waals surface area contributed by atoms with Gasteiger partial charge in [-0.1, -0.05) is 64.6 Å². The van der Waals surface area contributed by atoms with Crippen molar-refractivity contribution in [1.29, 1.82) is 0 Å². The van der Waals surface area contributed by atoms with E-state index in [0.717, 1.165) is 16.0 Å². The second-order valence-electron chi connectivity index (χ2n) is 6.99. The van der Waals surface area contributed by atoms with Gasteiger partial charge in [0.2, 0.25) is 3.79 Å². The molecule has 1 aliphatic rings. The van der Waals surface area contributed by atoms with Crippen LogP contribution in [-0.2, 0) is 9.53 Å². The van der Waals surface area contributed by atoms with Gasteiger partial charge in [-0.25, -0.2) is 9.69 Å². The van der Waals surface area contributed by atoms with Crippen LogP contribution in [0.15, 0.2) is 30.3 Å². The molecule has 0 fully saturated rings. The number of ether oxygens (including phenoxy) is 1. The summed E-state index contributed by atoms with van der Waals surface area (Å²) in [4.78, 5) is 25.9. The molecule has 0 aliphatic carbocycles. The summed E-state index contributed by atoms with van der Waals surface area (Å²) >= 11 is 18.2. The predicted molar refractivity (Wildman–Crippen MR) is 101 cm³/mol. The lowest BCUT2D eigenvalue weighted by atomic mass is 9.94. The van der Waals surface area contributed by atoms with E-state index in [4.69, 9.17) is 39.5 Å². The van der Waals surface area contributed by atoms with Crippen molar-refractivity contribution in [2.45, 2.75) is 49.6 Å². The molecule has 1 aromatic rings. The number of nitrogens with zero attached hydrogens (tertiary/aromatic N) is 1. The molecule has 0 saturated carbocycles. The fourth-order valence-electron chi connectivity index (χ4n) is 2.49. The maximum absolute atomic E-state index is 12.6. The van der Waals surface area contributed by atoms with Crippen LogP contribution in [0.5, 0.6) is 0 Å². The van der Waals surface area contributed by atoms with Crippen molar-refractivity contribution >= 4 is 52.4 Å². The molecule has 1 atom stereocenters. The Bertz CT molecular complexity index is 700. The number of alkyl halides is 3. The Morgan fingerprint density at radius 2 is 1.72 bits per heavy atom. The van der Waals surface area contributed by atoms with Gasteiger partial charge in [0.15, 0.2) is 0 Å². The number of rotatable bonds is 1. The van der Waals surface area contributed by atoms with Crippen LogP contribution < -0.4 is 0 Å². The van der Waals surface area contributed by atoms with Crippen molar-refractivity contribution in [3.8, 4) is 0 Å². The highest BCUT2D eigenvalue weighted by Crippen LogP contribution is 2.41. The van der Waals surface area contributed by atoms with E-state index in [-0.39, 0.29) is 6.42 Å². The smallest absolute Gasteiger partial charge is 0.417 e. The zero-order chi connectivity index (χ0) is 19.0. The van der Waals surface area contributed by atoms with E-state index in [0.29, 0.717) is 5.57 Å². The van der Waals surface area contributed by atoms with Crippen LogP contribution in [0.4, 0.5) is 4.79 Å². The third kappa shape index (κ3) is 5.13. The fraction of sp³-hybridized carbons (Fsp3) is 0.444. The molecule has 0 bridgehead atoms. The molecule has 136 valence electrons. The standard InChI is InChI=1S/C18H20Cl3NO3/c1-11-5-7-12(8-6-11)13-9-14(18(19,20)21)22(15(23)10-13)16(24)25-17(2,3)4/h5-8,10,14H,9H2,1-4H3/t14-/m0/s1. The highest BCUT2D eigenvalue weighted by atomic mass is 35.6. The van der Waals surface area contributed by atoms with Crippen molar-refractivity contribution in [3.63, 3.8) is 0 Å². The molecule has 4 nitrogen and oxygen atoms in total. The molecule has 0 spiro atoms. The molecule has 1 aliphatic heterocycles. The first-order valence-electron chi connectivity index (χ1n) is 7.79. The zero-order valence-electron chi connectivity index (χ0n) is 14.5. The lowest BCUT2D eigenvalue weighted by molar-refractivity contribution is -0.127. The fourth-order valence-corrected chi connectivity index (χ4v) is 3.01. The van der Waals surface area contributed by atoms with E-state index in [1.54, 1.807) is 20.8 Å². The third-order valence-electron chi connectivity index (χ3n) is 3.65. The lowest BCUT2D eigenvalue weighted by Crippen LogP contribution is -2.53. The maximum Gasteiger partial charge on any atom is 0.417 e. The molecule has 0 saturated heterocycles. The van der Waals surface area contributed by atoms with Crippen molar-refractivity contribution in [3.05, 3.63) is 41.5 Å². The monoisotopic (exact) mass is 403 g/mol. The molecule has 1 heterocycles. The second-order valence-corrected chi connectivity index (χ2v) is 9.35. The highest BCUT2D eigenvalue weighted by molar-refractivity contribution is 6.68. The van der Waals surface area contributed by atoms with Gasteiger partial charge in [-0.15, -0.1) is 0 Å². The van der Waals surface area contributed by atoms with Crippen LogP contribution in [-0.4, -0.2) is 32.3 Å². The number of amides is 2. The van der Waals surface area contributed by atoms with Crippen LogP contribution >= 0.6 is 34.8 Å². The molecule has 7 heteroatoms. The first-order chi connectivity index (χ1) is 11.4. The van der Waals surface area contributed by atoms with Gasteiger partial charge in [0.05, 0.1) is 6.04 Å². The Kier molecular flexibility index (Phi) is 5.77. The predicted octanol–water partition coefficient (Wildman–Crippen LogP) is 5.28. The van der Waals surface area contributed by atoms with E-state index in [9.17, 15) is 9.59 Å². The number of hydrogen-bond donors (Lipinski definition) is 0. The summed E-state index contributed by atoms with van der Waals surface area (Å²) in [5, 5.41) is 0. The van der Waals surface area contributed by atoms with Gasteiger partial charge < -0.3 is 4.74 Å². The molecular weight excluding hydrogens is 385 g/mol. The van der Waals surface area contributed by atoms with Crippen LogP contribution in [0.1, 0.15) is 38.3 Å². The summed E-state index contributed by atoms with van der Waals surface area (Å²) in [5.41, 5.74) is 1.89. The number of aryl methyl sites for hydroxylation is 1. The molecule has 25 heavy (non-hydrogen) atoms. The Morgan fingerprint density at radius 1 is 1.16 bits per heavy atom. The summed E-state index contributed by atoms with van der Waals surface area (Å²) in [7, 11) is 0. The Hall–Kier alpha value is -1.23. The molecule has 2 amide bonds. The van der Waals surface area contributed by atoms with Gasteiger partial charge in [-0.05, 0) is 45.3 Å². The van der Waals surface area contributed by atoms with Gasteiger partial charge in [0, 0.05) is 6.08 Å². The Balaban J connectivity index is 2.39. The van der Waals surface area contributed by atoms with Crippen molar-refractivity contribution in [2.24, 2.45) is 0 Å². The third-order valence-corrected chi connectivity index (χ3v) is 4.41. The van der Waals surface area contributed by atoms with Crippen molar-refractivity contribution in [1.82, 2.24) is 4.90 Å². The number of benzene rings is 1. The van der Waals surface area contributed by atoms with Crippen LogP contribution in [0.2, 0.25) is 0 Å². The normalized spacial score (nSPS) is 18.8. The van der Waals surface area contributed by atoms with E-state index in [2.05, 4.69) is 0 Å². The van der Waals surface area contributed by atoms with E-state index < -0.39 is 27.4 Å². The quantitative estimate of drug-likeness (QED) is 0.598. The summed E-state index contributed by atoms with van der Waals surface area (Å²) in [6, 6.07) is 6.71. The molecule has 1 aromatic carbocycles. The van der Waals surface area contributed by atoms with Crippen molar-refractivity contribution < 1.29 is 14.3 Å². The Labute approximate surface area is 162 Å². The first-order valence-corrected chi connectivity index (χ1v) is 8.92. The van der Waals surface area contributed by atoms with Gasteiger partial charge in [0.1, 0.15) is 5.60 Å². The number of carbonyl (C=O) groups excluding carboxylic acids is 2. The number of halogens is 3. The molecule has 2 rings (SSSR count). The minimum absolute atomic E-state index is 0.227. The molecule has 0 N–H and O–H groups in total. The maximum atomic E-state index is 12.6. The Morgan fingerprint density at radius 3 is 2.20 bits per heavy atom. The number of imide groups is 1. The summed E-state index contributed by atoms with van der Waals surface area (Å²) in [6.45, 7) is 7.09. The molecule has 0 radical (unpaired) electrons. The molecular formula is C18H20Cl3NO3. The average molecular weight is 405 g/mol. The first kappa shape index (κ1) is 20.1. The molecule has 0 aromatic heterocycles. The average Bonchev–Trinajstić information content (AvgIpc) is 2.44. The van der Waals surface area contributed by atoms with Crippen LogP contribution in [0.3, 0.4) is 0 Å². The van der Waals surface area contributed by atoms with Crippen LogP contribution in [0.25, 0.3) is 5.57 Å². The summed E-state index contributed by atoms with van der Waals surface area (Å²) in [6.07, 6.45) is 0.791. The van der Waals surface area contributed by atoms with Gasteiger partial charge >= 0.3 is 6.09 Å². The summed E-state index contributed by atoms with van der Waals surface area (Å²) < 4.78 is 3.45. The minimum atomic E-state index is -1.84. The van der Waals surface area contributed by atoms with Gasteiger partial charge in [0.25, 0.3) is 5.91 Å². The van der Waals surface area contributed by atoms with E-state index in [1.807, 2.05) is 31.2 Å². The van der Waals surface area contributed by atoms with Crippen LogP contribution in [0, 0.1) is 6.92 Å². The van der Waals surface area contributed by atoms with Gasteiger partial charge in [-0.3, -0.25) is 4.79 Å². The largest absolute Gasteiger partial charge is 0.443 e. The second kappa shape index (κ2) is 7.18. The SMILES string of the molecule is Cc1ccc(C2=CC(=O)N(C(=O)OC(C)(C)C)[C@H](C(Cl)(Cl)Cl)C2)cc1. The van der Waals surface area contributed by atoms with Gasteiger partial charge in [-0.2, -0.15) is 0 Å². The van der Waals surface area contributed by atoms with Crippen molar-refractivity contribution in [2.75, 3.05) is 0 Å². The highest BCUT2D eigenvalue weighted by Gasteiger charge is 2.46. The minimum Gasteiger partial charge on any atom is -0.443 e. The zero-order valence-corrected chi connectivity index (χ0v) is 16.7. The summed E-state index contributed by atoms with van der Waals surface area (Å²) in [5.74, 6) is -0.563. The number of hydrogen-bond acceptors (Lipinski definition) is 3. The van der Waals surface area contributed by atoms with E-state index >= 15 is 0 Å². The van der Waals surface area contributed by atoms with E-state index in [1.165, 1.54) is 6.08 Å².